The van der Waals surface area contributed by atoms with Crippen LogP contribution in [0.3, 0.4) is 0 Å². The molecular weight excluding hydrogens is 493 g/mol. The number of fused-ring (bicyclic) bond motifs is 1. The molecule has 34 heavy (non-hydrogen) atoms. The van der Waals surface area contributed by atoms with Crippen LogP contribution in [-0.2, 0) is 27.5 Å². The number of hydrogen-bond acceptors (Lipinski definition) is 5. The zero-order chi connectivity index (χ0) is 24.7. The van der Waals surface area contributed by atoms with Gasteiger partial charge in [-0.1, -0.05) is 24.6 Å². The molecule has 0 saturated carbocycles. The van der Waals surface area contributed by atoms with Gasteiger partial charge in [0.1, 0.15) is 0 Å². The van der Waals surface area contributed by atoms with Gasteiger partial charge in [0.15, 0.2) is 0 Å². The van der Waals surface area contributed by atoms with Crippen molar-refractivity contribution in [1.82, 2.24) is 4.31 Å². The number of rotatable bonds is 6. The summed E-state index contributed by atoms with van der Waals surface area (Å²) in [6, 6.07) is 8.37. The van der Waals surface area contributed by atoms with Crippen molar-refractivity contribution in [3.8, 4) is 0 Å². The van der Waals surface area contributed by atoms with Crippen molar-refractivity contribution in [3.05, 3.63) is 58.1 Å². The molecule has 6 nitrogen and oxygen atoms in total. The molecule has 2 atom stereocenters. The summed E-state index contributed by atoms with van der Waals surface area (Å²) >= 11 is 5.89. The van der Waals surface area contributed by atoms with Gasteiger partial charge < -0.3 is 4.90 Å². The summed E-state index contributed by atoms with van der Waals surface area (Å²) in [6.45, 7) is 2.85. The predicted molar refractivity (Wildman–Crippen MR) is 123 cm³/mol. The van der Waals surface area contributed by atoms with Gasteiger partial charge >= 0.3 is 6.18 Å². The fourth-order valence-electron chi connectivity index (χ4n) is 4.88. The Balaban J connectivity index is 1.56. The van der Waals surface area contributed by atoms with E-state index in [0.29, 0.717) is 25.2 Å². The van der Waals surface area contributed by atoms with E-state index in [1.54, 1.807) is 12.1 Å². The number of hydrogen-bond donors (Lipinski definition) is 1. The van der Waals surface area contributed by atoms with E-state index in [0.717, 1.165) is 30.0 Å². The summed E-state index contributed by atoms with van der Waals surface area (Å²) in [5.41, 5.74) is 1.56. The van der Waals surface area contributed by atoms with Crippen LogP contribution in [0.15, 0.2) is 41.3 Å². The number of anilines is 1. The Morgan fingerprint density at radius 1 is 1.18 bits per heavy atom. The first kappa shape index (κ1) is 25.2. The Morgan fingerprint density at radius 2 is 1.94 bits per heavy atom. The van der Waals surface area contributed by atoms with Gasteiger partial charge in [-0.2, -0.15) is 17.5 Å². The second-order valence-electron chi connectivity index (χ2n) is 8.68. The molecule has 186 valence electrons. The molecule has 2 aliphatic rings. The Hall–Kier alpha value is -1.85. The van der Waals surface area contributed by atoms with Gasteiger partial charge in [-0.25, -0.2) is 13.3 Å². The highest BCUT2D eigenvalue weighted by atomic mass is 35.5. The lowest BCUT2D eigenvalue weighted by molar-refractivity contribution is -0.245. The number of aryl methyl sites for hydroxylation is 1. The topological polar surface area (TPSA) is 70.1 Å². The summed E-state index contributed by atoms with van der Waals surface area (Å²) in [4.78, 5) is 6.37. The third-order valence-corrected chi connectivity index (χ3v) is 8.99. The van der Waals surface area contributed by atoms with Gasteiger partial charge in [0.05, 0.1) is 22.1 Å². The summed E-state index contributed by atoms with van der Waals surface area (Å²) in [6.07, 6.45) is -2.41. The first-order valence-corrected chi connectivity index (χ1v) is 12.9. The maximum absolute atomic E-state index is 13.6. The van der Waals surface area contributed by atoms with E-state index < -0.39 is 21.8 Å². The first-order chi connectivity index (χ1) is 16.1. The van der Waals surface area contributed by atoms with Crippen LogP contribution < -0.4 is 4.90 Å². The van der Waals surface area contributed by atoms with Crippen molar-refractivity contribution >= 4 is 27.3 Å². The molecule has 1 aliphatic heterocycles. The number of halogens is 4. The molecule has 1 aliphatic carbocycles. The van der Waals surface area contributed by atoms with Crippen LogP contribution in [-0.4, -0.2) is 50.3 Å². The minimum Gasteiger partial charge on any atom is -0.369 e. The zero-order valence-corrected chi connectivity index (χ0v) is 20.1. The van der Waals surface area contributed by atoms with Crippen LogP contribution in [0.5, 0.6) is 0 Å². The lowest BCUT2D eigenvalue weighted by Gasteiger charge is -2.41. The van der Waals surface area contributed by atoms with Crippen molar-refractivity contribution in [3.63, 3.8) is 0 Å². The number of benzene rings is 2. The minimum atomic E-state index is -4.54. The molecular formula is C23H26ClF3N2O4S. The lowest BCUT2D eigenvalue weighted by atomic mass is 10.0. The van der Waals surface area contributed by atoms with Crippen molar-refractivity contribution in [2.75, 3.05) is 31.1 Å². The Bertz CT molecular complexity index is 1160. The molecule has 4 rings (SSSR count). The van der Waals surface area contributed by atoms with E-state index in [-0.39, 0.29) is 35.0 Å². The van der Waals surface area contributed by atoms with E-state index in [1.807, 2.05) is 17.9 Å². The maximum Gasteiger partial charge on any atom is 0.417 e. The standard InChI is InChI=1S/C23H26ClF3N2O4S/c1-2-17-13-28(18-6-8-21(22(24)11-18)23(25,26)27)9-10-29(17)34(31,32)19-7-5-15-3-4-16(14-33-30)20(15)12-19/h5-8,11-12,16-17,30H,2-4,9-10,13-14H2,1H3. The maximum atomic E-state index is 13.6. The van der Waals surface area contributed by atoms with Crippen LogP contribution >= 0.6 is 11.6 Å². The fraction of sp³-hybridized carbons (Fsp3) is 0.478. The van der Waals surface area contributed by atoms with Gasteiger partial charge in [-0.05, 0) is 60.7 Å². The van der Waals surface area contributed by atoms with E-state index in [2.05, 4.69) is 4.89 Å². The number of piperazine rings is 1. The molecule has 1 fully saturated rings. The molecule has 2 unspecified atom stereocenters. The van der Waals surface area contributed by atoms with Crippen LogP contribution in [0.2, 0.25) is 5.02 Å². The molecule has 0 aromatic heterocycles. The van der Waals surface area contributed by atoms with Crippen molar-refractivity contribution in [2.24, 2.45) is 0 Å². The number of nitrogens with zero attached hydrogens (tertiary/aromatic N) is 2. The summed E-state index contributed by atoms with van der Waals surface area (Å²) < 4.78 is 67.7. The summed E-state index contributed by atoms with van der Waals surface area (Å²) in [7, 11) is -3.79. The van der Waals surface area contributed by atoms with Gasteiger partial charge in [-0.3, -0.25) is 5.26 Å². The SMILES string of the molecule is CCC1CN(c2ccc(C(F)(F)F)c(Cl)c2)CCN1S(=O)(=O)c1ccc2c(c1)C(COO)CC2. The smallest absolute Gasteiger partial charge is 0.369 e. The van der Waals surface area contributed by atoms with E-state index in [9.17, 15) is 21.6 Å². The zero-order valence-electron chi connectivity index (χ0n) is 18.6. The largest absolute Gasteiger partial charge is 0.417 e. The molecule has 1 heterocycles. The number of alkyl halides is 3. The van der Waals surface area contributed by atoms with Crippen molar-refractivity contribution in [2.45, 2.75) is 49.2 Å². The van der Waals surface area contributed by atoms with Crippen LogP contribution in [0.1, 0.15) is 42.4 Å². The molecule has 0 amide bonds. The van der Waals surface area contributed by atoms with E-state index in [1.165, 1.54) is 16.4 Å². The van der Waals surface area contributed by atoms with Gasteiger partial charge in [0.2, 0.25) is 10.0 Å². The minimum absolute atomic E-state index is 0.0570. The number of sulfonamides is 1. The van der Waals surface area contributed by atoms with Crippen LogP contribution in [0.4, 0.5) is 18.9 Å². The highest BCUT2D eigenvalue weighted by molar-refractivity contribution is 7.89. The van der Waals surface area contributed by atoms with E-state index in [4.69, 9.17) is 16.9 Å². The molecule has 0 radical (unpaired) electrons. The summed E-state index contributed by atoms with van der Waals surface area (Å²) in [5.74, 6) is -0.0570. The molecule has 0 spiro atoms. The van der Waals surface area contributed by atoms with Gasteiger partial charge in [0, 0.05) is 37.3 Å². The van der Waals surface area contributed by atoms with Crippen LogP contribution in [0.25, 0.3) is 0 Å². The Labute approximate surface area is 201 Å². The van der Waals surface area contributed by atoms with E-state index >= 15 is 0 Å². The molecule has 11 heteroatoms. The second kappa shape index (κ2) is 9.66. The van der Waals surface area contributed by atoms with Gasteiger partial charge in [-0.15, -0.1) is 0 Å². The quantitative estimate of drug-likeness (QED) is 0.422. The normalized spacial score (nSPS) is 21.6. The van der Waals surface area contributed by atoms with Crippen molar-refractivity contribution in [1.29, 1.82) is 0 Å². The highest BCUT2D eigenvalue weighted by Gasteiger charge is 2.37. The Morgan fingerprint density at radius 3 is 2.59 bits per heavy atom. The monoisotopic (exact) mass is 518 g/mol. The average molecular weight is 519 g/mol. The Kier molecular flexibility index (Phi) is 7.17. The fourth-order valence-corrected chi connectivity index (χ4v) is 6.88. The molecule has 1 N–H and O–H groups in total. The van der Waals surface area contributed by atoms with Crippen LogP contribution in [0, 0.1) is 0 Å². The first-order valence-electron chi connectivity index (χ1n) is 11.1. The third kappa shape index (κ3) is 4.79. The lowest BCUT2D eigenvalue weighted by Crippen LogP contribution is -2.55. The van der Waals surface area contributed by atoms with Crippen molar-refractivity contribution < 1.29 is 31.7 Å². The van der Waals surface area contributed by atoms with Gasteiger partial charge in [0.25, 0.3) is 0 Å². The second-order valence-corrected chi connectivity index (χ2v) is 11.0. The highest BCUT2D eigenvalue weighted by Crippen LogP contribution is 2.38. The molecule has 1 saturated heterocycles. The molecule has 2 aromatic rings. The molecule has 2 aromatic carbocycles. The third-order valence-electron chi connectivity index (χ3n) is 6.72. The predicted octanol–water partition coefficient (Wildman–Crippen LogP) is 5.17. The summed E-state index contributed by atoms with van der Waals surface area (Å²) in [5, 5.41) is 8.47. The average Bonchev–Trinajstić information content (AvgIpc) is 3.20. The molecule has 0 bridgehead atoms.